The van der Waals surface area contributed by atoms with E-state index < -0.39 is 5.97 Å². The number of hydrogen-bond donors (Lipinski definition) is 2. The first-order valence-corrected chi connectivity index (χ1v) is 3.87. The Kier molecular flexibility index (Phi) is 2.69. The van der Waals surface area contributed by atoms with Crippen LogP contribution in [0.1, 0.15) is 21.6 Å². The van der Waals surface area contributed by atoms with Gasteiger partial charge in [0.1, 0.15) is 0 Å². The molecule has 0 aromatic carbocycles. The minimum absolute atomic E-state index is 0.288. The van der Waals surface area contributed by atoms with Gasteiger partial charge in [0.15, 0.2) is 0 Å². The Hall–Kier alpha value is -1.77. The van der Waals surface area contributed by atoms with Crippen molar-refractivity contribution in [3.05, 3.63) is 41.7 Å². The quantitative estimate of drug-likeness (QED) is 0.695. The molecule has 0 fully saturated rings. The van der Waals surface area contributed by atoms with Gasteiger partial charge < -0.3 is 10.1 Å². The minimum Gasteiger partial charge on any atom is -0.478 e. The van der Waals surface area contributed by atoms with Crippen molar-refractivity contribution in [2.45, 2.75) is 6.92 Å². The highest BCUT2D eigenvalue weighted by molar-refractivity contribution is 5.92. The summed E-state index contributed by atoms with van der Waals surface area (Å²) in [6.45, 7) is 5.35. The first-order valence-electron chi connectivity index (χ1n) is 3.87. The zero-order chi connectivity index (χ0) is 9.84. The summed E-state index contributed by atoms with van der Waals surface area (Å²) >= 11 is 0. The smallest absolute Gasteiger partial charge is 0.337 e. The van der Waals surface area contributed by atoms with E-state index in [-0.39, 0.29) is 5.56 Å². The Balaban J connectivity index is 3.15. The summed E-state index contributed by atoms with van der Waals surface area (Å²) in [6.07, 6.45) is 6.53. The topological polar surface area (TPSA) is 53.1 Å². The maximum Gasteiger partial charge on any atom is 0.337 e. The maximum atomic E-state index is 10.7. The predicted molar refractivity (Wildman–Crippen MR) is 51.7 cm³/mol. The van der Waals surface area contributed by atoms with Crippen LogP contribution in [-0.4, -0.2) is 16.1 Å². The number of aryl methyl sites for hydroxylation is 1. The molecule has 13 heavy (non-hydrogen) atoms. The Morgan fingerprint density at radius 2 is 2.38 bits per heavy atom. The lowest BCUT2D eigenvalue weighted by Gasteiger charge is -1.93. The third-order valence-corrected chi connectivity index (χ3v) is 1.76. The van der Waals surface area contributed by atoms with E-state index in [2.05, 4.69) is 11.6 Å². The van der Waals surface area contributed by atoms with Crippen molar-refractivity contribution in [3.8, 4) is 0 Å². The number of carboxylic acids is 1. The number of nitrogens with one attached hydrogen (secondary N) is 1. The summed E-state index contributed by atoms with van der Waals surface area (Å²) in [5, 5.41) is 8.80. The molecule has 1 aromatic rings. The molecule has 1 rings (SSSR count). The minimum atomic E-state index is -0.923. The molecule has 3 heteroatoms. The zero-order valence-electron chi connectivity index (χ0n) is 7.37. The fraction of sp³-hybridized carbons (Fsp3) is 0.100. The van der Waals surface area contributed by atoms with Gasteiger partial charge >= 0.3 is 5.97 Å². The van der Waals surface area contributed by atoms with Crippen molar-refractivity contribution in [1.29, 1.82) is 0 Å². The molecule has 0 amide bonds. The van der Waals surface area contributed by atoms with Crippen LogP contribution in [0.15, 0.2) is 24.9 Å². The number of aromatic carboxylic acids is 1. The fourth-order valence-electron chi connectivity index (χ4n) is 1.09. The van der Waals surface area contributed by atoms with Crippen molar-refractivity contribution in [2.75, 3.05) is 0 Å². The van der Waals surface area contributed by atoms with Crippen LogP contribution in [0, 0.1) is 6.92 Å². The van der Waals surface area contributed by atoms with Crippen LogP contribution in [0.2, 0.25) is 0 Å². The molecular formula is C10H11NO2. The SMILES string of the molecule is C=C/C=C\c1c(C(=O)O)c[nH]c1C. The summed E-state index contributed by atoms with van der Waals surface area (Å²) in [6, 6.07) is 0. The number of hydrogen-bond acceptors (Lipinski definition) is 1. The lowest BCUT2D eigenvalue weighted by molar-refractivity contribution is 0.0697. The highest BCUT2D eigenvalue weighted by atomic mass is 16.4. The molecule has 0 aliphatic heterocycles. The average Bonchev–Trinajstić information content (AvgIpc) is 2.43. The van der Waals surface area contributed by atoms with Gasteiger partial charge in [0.2, 0.25) is 0 Å². The predicted octanol–water partition coefficient (Wildman–Crippen LogP) is 2.22. The molecule has 0 aliphatic carbocycles. The number of H-pyrrole nitrogens is 1. The fourth-order valence-corrected chi connectivity index (χ4v) is 1.09. The second kappa shape index (κ2) is 3.76. The summed E-state index contributed by atoms with van der Waals surface area (Å²) in [5.41, 5.74) is 1.83. The Morgan fingerprint density at radius 3 is 2.92 bits per heavy atom. The second-order valence-corrected chi connectivity index (χ2v) is 2.64. The van der Waals surface area contributed by atoms with Gasteiger partial charge in [-0.1, -0.05) is 24.8 Å². The van der Waals surface area contributed by atoms with Gasteiger partial charge in [0, 0.05) is 17.5 Å². The molecule has 0 radical (unpaired) electrons. The molecular weight excluding hydrogens is 166 g/mol. The first-order chi connectivity index (χ1) is 6.16. The molecule has 0 unspecified atom stereocenters. The Morgan fingerprint density at radius 1 is 1.69 bits per heavy atom. The van der Waals surface area contributed by atoms with Crippen molar-refractivity contribution in [3.63, 3.8) is 0 Å². The molecule has 2 N–H and O–H groups in total. The average molecular weight is 177 g/mol. The third-order valence-electron chi connectivity index (χ3n) is 1.76. The van der Waals surface area contributed by atoms with Crippen LogP contribution in [0.5, 0.6) is 0 Å². The summed E-state index contributed by atoms with van der Waals surface area (Å²) in [4.78, 5) is 13.6. The zero-order valence-corrected chi connectivity index (χ0v) is 7.37. The lowest BCUT2D eigenvalue weighted by Crippen LogP contribution is -1.95. The molecule has 1 aromatic heterocycles. The van der Waals surface area contributed by atoms with E-state index in [1.54, 1.807) is 18.2 Å². The molecule has 68 valence electrons. The van der Waals surface area contributed by atoms with Crippen molar-refractivity contribution >= 4 is 12.0 Å². The third kappa shape index (κ3) is 1.87. The summed E-state index contributed by atoms with van der Waals surface area (Å²) in [5.74, 6) is -0.923. The highest BCUT2D eigenvalue weighted by Gasteiger charge is 2.10. The van der Waals surface area contributed by atoms with Crippen LogP contribution in [0.3, 0.4) is 0 Å². The highest BCUT2D eigenvalue weighted by Crippen LogP contribution is 2.15. The molecule has 0 aliphatic rings. The number of allylic oxidation sites excluding steroid dienone is 2. The van der Waals surface area contributed by atoms with Crippen LogP contribution < -0.4 is 0 Å². The van der Waals surface area contributed by atoms with Gasteiger partial charge in [0.05, 0.1) is 5.56 Å². The Labute approximate surface area is 76.4 Å². The number of aromatic amines is 1. The van der Waals surface area contributed by atoms with Crippen molar-refractivity contribution in [2.24, 2.45) is 0 Å². The molecule has 0 spiro atoms. The van der Waals surface area contributed by atoms with Gasteiger partial charge in [0.25, 0.3) is 0 Å². The molecule has 1 heterocycles. The van der Waals surface area contributed by atoms with Crippen LogP contribution in [0.25, 0.3) is 6.08 Å². The van der Waals surface area contributed by atoms with Crippen LogP contribution in [-0.2, 0) is 0 Å². The summed E-state index contributed by atoms with van der Waals surface area (Å²) in [7, 11) is 0. The normalized spacial score (nSPS) is 10.5. The van der Waals surface area contributed by atoms with E-state index in [1.807, 2.05) is 6.92 Å². The van der Waals surface area contributed by atoms with Gasteiger partial charge in [-0.15, -0.1) is 0 Å². The standard InChI is InChI=1S/C10H11NO2/c1-3-4-5-8-7(2)11-6-9(8)10(12)13/h3-6,11H,1H2,2H3,(H,12,13)/b5-4-. The molecule has 3 nitrogen and oxygen atoms in total. The number of carboxylic acid groups (broad SMARTS) is 1. The van der Waals surface area contributed by atoms with E-state index in [1.165, 1.54) is 6.20 Å². The molecule has 0 bridgehead atoms. The number of carbonyl (C=O) groups is 1. The Bertz CT molecular complexity index is 361. The van der Waals surface area contributed by atoms with Crippen LogP contribution in [0.4, 0.5) is 0 Å². The largest absolute Gasteiger partial charge is 0.478 e. The summed E-state index contributed by atoms with van der Waals surface area (Å²) < 4.78 is 0. The number of rotatable bonds is 3. The van der Waals surface area contributed by atoms with Crippen molar-refractivity contribution in [1.82, 2.24) is 4.98 Å². The monoisotopic (exact) mass is 177 g/mol. The van der Waals surface area contributed by atoms with Gasteiger partial charge in [-0.05, 0) is 6.92 Å². The van der Waals surface area contributed by atoms with E-state index in [0.717, 1.165) is 5.69 Å². The lowest BCUT2D eigenvalue weighted by atomic mass is 10.1. The van der Waals surface area contributed by atoms with Gasteiger partial charge in [-0.25, -0.2) is 4.79 Å². The van der Waals surface area contributed by atoms with E-state index >= 15 is 0 Å². The molecule has 0 saturated carbocycles. The molecule has 0 saturated heterocycles. The maximum absolute atomic E-state index is 10.7. The van der Waals surface area contributed by atoms with E-state index in [4.69, 9.17) is 5.11 Å². The van der Waals surface area contributed by atoms with Gasteiger partial charge in [-0.3, -0.25) is 0 Å². The van der Waals surface area contributed by atoms with E-state index in [9.17, 15) is 4.79 Å². The van der Waals surface area contributed by atoms with Crippen molar-refractivity contribution < 1.29 is 9.90 Å². The molecule has 0 atom stereocenters. The first kappa shape index (κ1) is 9.32. The second-order valence-electron chi connectivity index (χ2n) is 2.64. The van der Waals surface area contributed by atoms with Gasteiger partial charge in [-0.2, -0.15) is 0 Å². The van der Waals surface area contributed by atoms with E-state index in [0.29, 0.717) is 5.56 Å². The van der Waals surface area contributed by atoms with Crippen LogP contribution >= 0.6 is 0 Å². The number of aromatic nitrogens is 1.